The first-order chi connectivity index (χ1) is 25.3. The molecule has 238 valence electrons. The van der Waals surface area contributed by atoms with Crippen molar-refractivity contribution < 1.29 is 0 Å². The van der Waals surface area contributed by atoms with Gasteiger partial charge in [0, 0.05) is 39.2 Å². The highest BCUT2D eigenvalue weighted by molar-refractivity contribution is 6.12. The lowest BCUT2D eigenvalue weighted by Gasteiger charge is -2.10. The minimum absolute atomic E-state index is 0.811. The first-order valence-electron chi connectivity index (χ1n) is 17.5. The molecule has 0 unspecified atom stereocenters. The molecule has 0 radical (unpaired) electrons. The third kappa shape index (κ3) is 4.26. The van der Waals surface area contributed by atoms with Crippen LogP contribution in [-0.2, 0) is 6.42 Å². The van der Waals surface area contributed by atoms with Gasteiger partial charge in [0.2, 0.25) is 0 Å². The van der Waals surface area contributed by atoms with Crippen LogP contribution in [0.5, 0.6) is 0 Å². The normalized spacial score (nSPS) is 12.2. The molecule has 3 aromatic heterocycles. The van der Waals surface area contributed by atoms with E-state index in [2.05, 4.69) is 173 Å². The molecule has 4 heteroatoms. The van der Waals surface area contributed by atoms with Crippen molar-refractivity contribution in [3.63, 3.8) is 0 Å². The molecule has 0 aliphatic heterocycles. The van der Waals surface area contributed by atoms with Crippen molar-refractivity contribution in [3.05, 3.63) is 181 Å². The van der Waals surface area contributed by atoms with E-state index in [0.29, 0.717) is 0 Å². The predicted octanol–water partition coefficient (Wildman–Crippen LogP) is 11.6. The lowest BCUT2D eigenvalue weighted by atomic mass is 10.0. The Hall–Kier alpha value is -6.78. The van der Waals surface area contributed by atoms with Crippen LogP contribution in [0, 0.1) is 0 Å². The van der Waals surface area contributed by atoms with Gasteiger partial charge in [0.1, 0.15) is 0 Å². The first-order valence-corrected chi connectivity index (χ1v) is 17.5. The molecule has 0 bridgehead atoms. The molecule has 1 aliphatic rings. The summed E-state index contributed by atoms with van der Waals surface area (Å²) in [6, 6.07) is 59.1. The van der Waals surface area contributed by atoms with E-state index in [1.54, 1.807) is 0 Å². The van der Waals surface area contributed by atoms with E-state index in [4.69, 9.17) is 9.97 Å². The van der Waals surface area contributed by atoms with Crippen molar-refractivity contribution in [1.82, 2.24) is 19.1 Å². The smallest absolute Gasteiger partial charge is 0.156 e. The highest BCUT2D eigenvalue weighted by atomic mass is 15.1. The second-order valence-corrected chi connectivity index (χ2v) is 13.4. The van der Waals surface area contributed by atoms with Crippen molar-refractivity contribution in [1.29, 1.82) is 0 Å². The predicted molar refractivity (Wildman–Crippen MR) is 210 cm³/mol. The summed E-state index contributed by atoms with van der Waals surface area (Å²) in [6.45, 7) is 0. The minimum Gasteiger partial charge on any atom is -0.309 e. The average molecular weight is 651 g/mol. The average Bonchev–Trinajstić information content (AvgIpc) is 3.85. The third-order valence-corrected chi connectivity index (χ3v) is 10.6. The zero-order chi connectivity index (χ0) is 33.5. The molecule has 1 aliphatic carbocycles. The molecule has 0 spiro atoms. The van der Waals surface area contributed by atoms with Gasteiger partial charge in [0.25, 0.3) is 0 Å². The van der Waals surface area contributed by atoms with Crippen molar-refractivity contribution in [2.24, 2.45) is 0 Å². The Morgan fingerprint density at radius 3 is 1.71 bits per heavy atom. The Morgan fingerprint density at radius 2 is 0.980 bits per heavy atom. The van der Waals surface area contributed by atoms with Crippen LogP contribution in [0.25, 0.3) is 88.6 Å². The van der Waals surface area contributed by atoms with Crippen LogP contribution in [0.1, 0.15) is 11.3 Å². The molecule has 11 rings (SSSR count). The van der Waals surface area contributed by atoms with Crippen LogP contribution < -0.4 is 0 Å². The second kappa shape index (κ2) is 10.9. The molecule has 0 atom stereocenters. The Bertz CT molecular complexity index is 2980. The maximum atomic E-state index is 5.20. The lowest BCUT2D eigenvalue weighted by molar-refractivity contribution is 0.995. The molecule has 0 saturated heterocycles. The van der Waals surface area contributed by atoms with E-state index in [9.17, 15) is 0 Å². The number of fused-ring (bicyclic) bond motifs is 9. The fraction of sp³-hybridized carbons (Fsp3) is 0.0213. The largest absolute Gasteiger partial charge is 0.309 e. The van der Waals surface area contributed by atoms with Gasteiger partial charge < -0.3 is 4.57 Å². The van der Waals surface area contributed by atoms with E-state index in [0.717, 1.165) is 40.3 Å². The van der Waals surface area contributed by atoms with Gasteiger partial charge in [-0.3, -0.25) is 9.55 Å². The summed E-state index contributed by atoms with van der Waals surface area (Å²) >= 11 is 0. The summed E-state index contributed by atoms with van der Waals surface area (Å²) in [6.07, 6.45) is 2.74. The summed E-state index contributed by atoms with van der Waals surface area (Å²) in [5.41, 5.74) is 15.2. The first kappa shape index (κ1) is 28.1. The third-order valence-electron chi connectivity index (χ3n) is 10.6. The summed E-state index contributed by atoms with van der Waals surface area (Å²) in [5.74, 6) is 0.853. The zero-order valence-electron chi connectivity index (χ0n) is 27.7. The quantitative estimate of drug-likeness (QED) is 0.190. The van der Waals surface area contributed by atoms with Crippen molar-refractivity contribution in [2.45, 2.75) is 6.42 Å². The molecule has 10 aromatic rings. The van der Waals surface area contributed by atoms with E-state index in [-0.39, 0.29) is 0 Å². The summed E-state index contributed by atoms with van der Waals surface area (Å²) in [7, 11) is 0. The van der Waals surface area contributed by atoms with Crippen LogP contribution >= 0.6 is 0 Å². The molecule has 0 fully saturated rings. The van der Waals surface area contributed by atoms with Crippen molar-refractivity contribution in [2.75, 3.05) is 0 Å². The van der Waals surface area contributed by atoms with Crippen LogP contribution in [0.3, 0.4) is 0 Å². The van der Waals surface area contributed by atoms with Crippen LogP contribution in [-0.4, -0.2) is 19.1 Å². The van der Waals surface area contributed by atoms with Gasteiger partial charge in [-0.2, -0.15) is 0 Å². The summed E-state index contributed by atoms with van der Waals surface area (Å²) < 4.78 is 4.65. The Morgan fingerprint density at radius 1 is 0.431 bits per heavy atom. The molecule has 0 N–H and O–H groups in total. The fourth-order valence-corrected chi connectivity index (χ4v) is 8.22. The van der Waals surface area contributed by atoms with E-state index in [1.165, 1.54) is 66.0 Å². The number of hydrogen-bond acceptors (Lipinski definition) is 2. The number of para-hydroxylation sites is 2. The molecular weight excluding hydrogens is 621 g/mol. The minimum atomic E-state index is 0.811. The monoisotopic (exact) mass is 650 g/mol. The van der Waals surface area contributed by atoms with Crippen LogP contribution in [0.4, 0.5) is 0 Å². The van der Waals surface area contributed by atoms with Gasteiger partial charge in [-0.05, 0) is 76.3 Å². The standard InChI is InChI=1S/C47H30N4/c1-2-10-30(11-3-1)31-18-22-35(23-19-31)50-42-16-8-6-14-37(42)39-26-32(20-24-44(39)50)33-21-25-45-40(27-33)38-15-7-9-17-43(38)51(45)46-29-48-47-36-13-5-4-12-34(36)28-41(47)49-46/h1-27,29H,28H2. The SMILES string of the molecule is c1ccc(-c2ccc(-n3c4ccccc4c4cc(-c5ccc6c(c5)c5ccccc5n6-c5cnc6c(n5)Cc5ccccc5-6)ccc43)cc2)cc1. The van der Waals surface area contributed by atoms with Crippen LogP contribution in [0.2, 0.25) is 0 Å². The van der Waals surface area contributed by atoms with Gasteiger partial charge in [-0.25, -0.2) is 4.98 Å². The molecule has 4 nitrogen and oxygen atoms in total. The lowest BCUT2D eigenvalue weighted by Crippen LogP contribution is -2.01. The van der Waals surface area contributed by atoms with Crippen molar-refractivity contribution >= 4 is 43.6 Å². The number of rotatable bonds is 4. The highest BCUT2D eigenvalue weighted by Gasteiger charge is 2.23. The van der Waals surface area contributed by atoms with Gasteiger partial charge in [0.05, 0.1) is 39.7 Å². The Kier molecular flexibility index (Phi) is 5.98. The number of aromatic nitrogens is 4. The summed E-state index contributed by atoms with van der Waals surface area (Å²) in [4.78, 5) is 10.1. The number of benzene rings is 7. The Balaban J connectivity index is 1.03. The molecule has 3 heterocycles. The molecule has 51 heavy (non-hydrogen) atoms. The van der Waals surface area contributed by atoms with Crippen molar-refractivity contribution in [3.8, 4) is 45.0 Å². The van der Waals surface area contributed by atoms with Gasteiger partial charge in [-0.15, -0.1) is 0 Å². The molecule has 7 aromatic carbocycles. The van der Waals surface area contributed by atoms with Crippen LogP contribution in [0.15, 0.2) is 170 Å². The molecular formula is C47H30N4. The second-order valence-electron chi connectivity index (χ2n) is 13.4. The topological polar surface area (TPSA) is 35.6 Å². The van der Waals surface area contributed by atoms with E-state index in [1.807, 2.05) is 6.20 Å². The highest BCUT2D eigenvalue weighted by Crippen LogP contribution is 2.39. The molecule has 0 amide bonds. The fourth-order valence-electron chi connectivity index (χ4n) is 8.22. The van der Waals surface area contributed by atoms with Gasteiger partial charge >= 0.3 is 0 Å². The maximum absolute atomic E-state index is 5.20. The Labute approximate surface area is 294 Å². The number of nitrogens with zero attached hydrogens (tertiary/aromatic N) is 4. The molecule has 0 saturated carbocycles. The van der Waals surface area contributed by atoms with E-state index < -0.39 is 0 Å². The number of hydrogen-bond donors (Lipinski definition) is 0. The zero-order valence-corrected chi connectivity index (χ0v) is 27.7. The van der Waals surface area contributed by atoms with Gasteiger partial charge in [-0.1, -0.05) is 115 Å². The van der Waals surface area contributed by atoms with E-state index >= 15 is 0 Å². The van der Waals surface area contributed by atoms with Gasteiger partial charge in [0.15, 0.2) is 5.82 Å². The summed E-state index contributed by atoms with van der Waals surface area (Å²) in [5, 5.41) is 4.90. The maximum Gasteiger partial charge on any atom is 0.156 e.